The Balaban J connectivity index is 1.55. The molecule has 2 nitrogen and oxygen atoms in total. The van der Waals surface area contributed by atoms with Crippen LogP contribution < -0.4 is 0 Å². The number of carbonyl (C=O) groups excluding carboxylic acids is 2. The predicted molar refractivity (Wildman–Crippen MR) is 149 cm³/mol. The smallest absolute Gasteiger partial charge is 0.173 e. The first-order valence-electron chi connectivity index (χ1n) is 12.1. The van der Waals surface area contributed by atoms with Crippen molar-refractivity contribution in [2.24, 2.45) is 5.92 Å². The SMILES string of the molecule is O=C(c1ccccc1)C(CC(Sc1cccc2ccccc12)c1ccccc1)C(=O)c1ccccc1. The number of ketones is 2. The monoisotopic (exact) mass is 486 g/mol. The number of benzene rings is 5. The van der Waals surface area contributed by atoms with Crippen molar-refractivity contribution >= 4 is 34.1 Å². The number of carbonyl (C=O) groups is 2. The molecule has 3 heteroatoms. The summed E-state index contributed by atoms with van der Waals surface area (Å²) in [6, 6.07) is 43.1. The van der Waals surface area contributed by atoms with E-state index in [4.69, 9.17) is 0 Å². The van der Waals surface area contributed by atoms with Crippen molar-refractivity contribution in [3.63, 3.8) is 0 Å². The van der Waals surface area contributed by atoms with Crippen molar-refractivity contribution in [1.82, 2.24) is 0 Å². The molecule has 0 saturated carbocycles. The Morgan fingerprint density at radius 3 is 1.67 bits per heavy atom. The van der Waals surface area contributed by atoms with Crippen LogP contribution in [0.15, 0.2) is 138 Å². The van der Waals surface area contributed by atoms with E-state index in [0.29, 0.717) is 17.5 Å². The van der Waals surface area contributed by atoms with E-state index in [1.54, 1.807) is 36.0 Å². The average molecular weight is 487 g/mol. The van der Waals surface area contributed by atoms with Crippen LogP contribution in [0.5, 0.6) is 0 Å². The summed E-state index contributed by atoms with van der Waals surface area (Å²) < 4.78 is 0. The van der Waals surface area contributed by atoms with E-state index < -0.39 is 5.92 Å². The van der Waals surface area contributed by atoms with Crippen molar-refractivity contribution < 1.29 is 9.59 Å². The Morgan fingerprint density at radius 1 is 0.556 bits per heavy atom. The highest BCUT2D eigenvalue weighted by atomic mass is 32.2. The minimum Gasteiger partial charge on any atom is -0.293 e. The molecule has 0 N–H and O–H groups in total. The summed E-state index contributed by atoms with van der Waals surface area (Å²) in [5.41, 5.74) is 2.23. The van der Waals surface area contributed by atoms with Crippen LogP contribution in [0, 0.1) is 5.92 Å². The van der Waals surface area contributed by atoms with Gasteiger partial charge in [0, 0.05) is 21.3 Å². The molecule has 0 bridgehead atoms. The Labute approximate surface area is 216 Å². The summed E-state index contributed by atoms with van der Waals surface area (Å²) in [7, 11) is 0. The number of hydrogen-bond donors (Lipinski definition) is 0. The summed E-state index contributed by atoms with van der Waals surface area (Å²) in [5, 5.41) is 2.26. The molecular weight excluding hydrogens is 460 g/mol. The van der Waals surface area contributed by atoms with Crippen LogP contribution in [0.1, 0.15) is 38.0 Å². The second-order valence-corrected chi connectivity index (χ2v) is 9.99. The number of hydrogen-bond acceptors (Lipinski definition) is 3. The number of rotatable bonds is 9. The second-order valence-electron chi connectivity index (χ2n) is 8.74. The lowest BCUT2D eigenvalue weighted by molar-refractivity contribution is 0.0799. The molecule has 0 aromatic heterocycles. The molecule has 0 fully saturated rings. The van der Waals surface area contributed by atoms with E-state index in [1.807, 2.05) is 66.7 Å². The van der Waals surface area contributed by atoms with E-state index in [2.05, 4.69) is 42.5 Å². The zero-order valence-corrected chi connectivity index (χ0v) is 20.6. The zero-order valence-electron chi connectivity index (χ0n) is 19.8. The quantitative estimate of drug-likeness (QED) is 0.119. The number of Topliss-reactive ketones (excluding diaryl/α,β-unsaturated/α-hetero) is 2. The van der Waals surface area contributed by atoms with Crippen molar-refractivity contribution in [3.05, 3.63) is 150 Å². The summed E-state index contributed by atoms with van der Waals surface area (Å²) in [6.07, 6.45) is 0.402. The lowest BCUT2D eigenvalue weighted by Gasteiger charge is -2.23. The number of fused-ring (bicyclic) bond motifs is 1. The van der Waals surface area contributed by atoms with Gasteiger partial charge in [-0.1, -0.05) is 127 Å². The molecule has 0 heterocycles. The summed E-state index contributed by atoms with van der Waals surface area (Å²) >= 11 is 1.72. The molecule has 176 valence electrons. The lowest BCUT2D eigenvalue weighted by Crippen LogP contribution is -2.26. The molecular formula is C33H26O2S. The largest absolute Gasteiger partial charge is 0.293 e. The van der Waals surface area contributed by atoms with Crippen LogP contribution in [-0.2, 0) is 0 Å². The fourth-order valence-corrected chi connectivity index (χ4v) is 5.88. The van der Waals surface area contributed by atoms with E-state index in [9.17, 15) is 9.59 Å². The first-order valence-corrected chi connectivity index (χ1v) is 13.0. The third-order valence-corrected chi connectivity index (χ3v) is 7.75. The van der Waals surface area contributed by atoms with E-state index in [-0.39, 0.29) is 16.8 Å². The van der Waals surface area contributed by atoms with Gasteiger partial charge in [-0.25, -0.2) is 0 Å². The maximum atomic E-state index is 13.8. The highest BCUT2D eigenvalue weighted by Crippen LogP contribution is 2.43. The van der Waals surface area contributed by atoms with Gasteiger partial charge in [0.2, 0.25) is 0 Å². The third-order valence-electron chi connectivity index (χ3n) is 6.39. The van der Waals surface area contributed by atoms with Gasteiger partial charge < -0.3 is 0 Å². The maximum absolute atomic E-state index is 13.8. The van der Waals surface area contributed by atoms with Crippen molar-refractivity contribution in [2.75, 3.05) is 0 Å². The molecule has 5 aromatic carbocycles. The van der Waals surface area contributed by atoms with Crippen LogP contribution in [0.2, 0.25) is 0 Å². The van der Waals surface area contributed by atoms with E-state index in [0.717, 1.165) is 10.5 Å². The Morgan fingerprint density at radius 2 is 1.06 bits per heavy atom. The Hall–Kier alpha value is -3.95. The maximum Gasteiger partial charge on any atom is 0.173 e. The van der Waals surface area contributed by atoms with Crippen LogP contribution in [0.25, 0.3) is 10.8 Å². The molecule has 1 atom stereocenters. The normalized spacial score (nSPS) is 11.9. The molecule has 36 heavy (non-hydrogen) atoms. The third kappa shape index (κ3) is 5.32. The first kappa shape index (κ1) is 23.8. The molecule has 0 aliphatic heterocycles. The highest BCUT2D eigenvalue weighted by Gasteiger charge is 2.32. The van der Waals surface area contributed by atoms with Crippen LogP contribution in [0.4, 0.5) is 0 Å². The number of thioether (sulfide) groups is 1. The van der Waals surface area contributed by atoms with Gasteiger partial charge >= 0.3 is 0 Å². The van der Waals surface area contributed by atoms with Gasteiger partial charge in [0.1, 0.15) is 0 Å². The molecule has 0 aliphatic rings. The van der Waals surface area contributed by atoms with Gasteiger partial charge in [0.15, 0.2) is 11.6 Å². The molecule has 1 unspecified atom stereocenters. The second kappa shape index (κ2) is 11.2. The molecule has 5 aromatic rings. The molecule has 0 aliphatic carbocycles. The molecule has 5 rings (SSSR count). The molecule has 0 amide bonds. The molecule has 0 radical (unpaired) electrons. The first-order chi connectivity index (χ1) is 17.7. The fourth-order valence-electron chi connectivity index (χ4n) is 4.53. The van der Waals surface area contributed by atoms with Crippen molar-refractivity contribution in [2.45, 2.75) is 16.6 Å². The fraction of sp³-hybridized carbons (Fsp3) is 0.0909. The van der Waals surface area contributed by atoms with E-state index >= 15 is 0 Å². The Kier molecular flexibility index (Phi) is 7.39. The van der Waals surface area contributed by atoms with Crippen LogP contribution >= 0.6 is 11.8 Å². The van der Waals surface area contributed by atoms with Gasteiger partial charge in [0.05, 0.1) is 5.92 Å². The standard InChI is InChI=1S/C33H26O2S/c34-32(26-16-6-2-7-17-26)29(33(35)27-18-8-3-9-19-27)23-31(25-14-4-1-5-15-25)36-30-22-12-20-24-13-10-11-21-28(24)30/h1-22,29,31H,23H2. The topological polar surface area (TPSA) is 34.1 Å². The van der Waals surface area contributed by atoms with Gasteiger partial charge in [-0.2, -0.15) is 0 Å². The van der Waals surface area contributed by atoms with Crippen LogP contribution in [0.3, 0.4) is 0 Å². The summed E-state index contributed by atoms with van der Waals surface area (Å²) in [5.74, 6) is -1.06. The van der Waals surface area contributed by atoms with Crippen molar-refractivity contribution in [3.8, 4) is 0 Å². The average Bonchev–Trinajstić information content (AvgIpc) is 2.96. The lowest BCUT2D eigenvalue weighted by atomic mass is 9.85. The zero-order chi connectivity index (χ0) is 24.7. The van der Waals surface area contributed by atoms with Gasteiger partial charge in [-0.05, 0) is 28.8 Å². The predicted octanol–water partition coefficient (Wildman–Crippen LogP) is 8.45. The minimum atomic E-state index is -0.789. The highest BCUT2D eigenvalue weighted by molar-refractivity contribution is 7.99. The summed E-state index contributed by atoms with van der Waals surface area (Å²) in [4.78, 5) is 28.7. The van der Waals surface area contributed by atoms with Gasteiger partial charge in [-0.15, -0.1) is 11.8 Å². The van der Waals surface area contributed by atoms with Gasteiger partial charge in [0.25, 0.3) is 0 Å². The van der Waals surface area contributed by atoms with Gasteiger partial charge in [-0.3, -0.25) is 9.59 Å². The van der Waals surface area contributed by atoms with E-state index in [1.165, 1.54) is 10.8 Å². The minimum absolute atomic E-state index is 0.0812. The van der Waals surface area contributed by atoms with Crippen molar-refractivity contribution in [1.29, 1.82) is 0 Å². The molecule has 0 saturated heterocycles. The van der Waals surface area contributed by atoms with Crippen LogP contribution in [-0.4, -0.2) is 11.6 Å². The molecule has 0 spiro atoms. The summed E-state index contributed by atoms with van der Waals surface area (Å²) in [6.45, 7) is 0. The Bertz CT molecular complexity index is 1410.